The van der Waals surface area contributed by atoms with Crippen molar-refractivity contribution in [2.75, 3.05) is 6.61 Å². The van der Waals surface area contributed by atoms with Crippen molar-refractivity contribution >= 4 is 11.8 Å². The summed E-state index contributed by atoms with van der Waals surface area (Å²) in [6, 6.07) is 0. The second-order valence-corrected chi connectivity index (χ2v) is 13.9. The number of rotatable bonds is 5. The number of aliphatic hydroxyl groups is 2. The summed E-state index contributed by atoms with van der Waals surface area (Å²) in [7, 11) is 0. The zero-order valence-electron chi connectivity index (χ0n) is 23.0. The third kappa shape index (κ3) is 4.04. The Morgan fingerprint density at radius 1 is 1.09 bits per heavy atom. The lowest BCUT2D eigenvalue weighted by atomic mass is 9.34. The van der Waals surface area contributed by atoms with Gasteiger partial charge in [0.2, 0.25) is 0 Å². The Bertz CT molecular complexity index is 887. The Kier molecular flexibility index (Phi) is 6.88. The lowest BCUT2D eigenvalue weighted by molar-refractivity contribution is -0.231. The maximum atomic E-state index is 13.4. The standard InChI is InChI=1S/C30H48O5/c1-18(2)14-20(31)15-22(32)19(3)21-8-9-24-28(6)12-11-25(33)27(4,5)23(28)10-13-29(24,7)30(21)16-26(34)35-17-30/h14,19-21,23-25,31,33H,8-13,15-17H2,1-7H3/t19-,20-,21+,23-,24+,25-,28-,29+,30-/m0/s1. The lowest BCUT2D eigenvalue weighted by Gasteiger charge is -2.70. The van der Waals surface area contributed by atoms with E-state index in [0.717, 1.165) is 44.1 Å². The highest BCUT2D eigenvalue weighted by Gasteiger charge is 2.70. The van der Waals surface area contributed by atoms with Gasteiger partial charge in [-0.15, -0.1) is 0 Å². The van der Waals surface area contributed by atoms with Gasteiger partial charge in [-0.2, -0.15) is 0 Å². The Morgan fingerprint density at radius 3 is 2.37 bits per heavy atom. The van der Waals surface area contributed by atoms with Gasteiger partial charge >= 0.3 is 5.97 Å². The summed E-state index contributed by atoms with van der Waals surface area (Å²) in [4.78, 5) is 26.1. The first-order valence-electron chi connectivity index (χ1n) is 13.9. The number of ketones is 1. The number of esters is 1. The molecule has 0 bridgehead atoms. The number of carbonyl (C=O) groups is 2. The first-order chi connectivity index (χ1) is 16.2. The fourth-order valence-corrected chi connectivity index (χ4v) is 9.79. The van der Waals surface area contributed by atoms with Gasteiger partial charge in [-0.05, 0) is 86.4 Å². The van der Waals surface area contributed by atoms with Crippen LogP contribution in [-0.4, -0.2) is 40.8 Å². The van der Waals surface area contributed by atoms with Crippen molar-refractivity contribution < 1.29 is 24.5 Å². The number of hydrogen-bond acceptors (Lipinski definition) is 5. The number of ether oxygens (including phenoxy) is 1. The van der Waals surface area contributed by atoms with Gasteiger partial charge in [-0.3, -0.25) is 9.59 Å². The highest BCUT2D eigenvalue weighted by atomic mass is 16.5. The van der Waals surface area contributed by atoms with Crippen LogP contribution in [0.15, 0.2) is 11.6 Å². The van der Waals surface area contributed by atoms with E-state index in [1.807, 2.05) is 20.8 Å². The van der Waals surface area contributed by atoms with Gasteiger partial charge in [0.05, 0.1) is 25.2 Å². The molecule has 0 aromatic rings. The SMILES string of the molecule is CC(C)=C[C@H](O)CC(=O)[C@@H](C)[C@H]1CC[C@@H]2[C@@]3(C)CC[C@H](O)C(C)(C)[C@@H]3CC[C@@]2(C)[C@@]12COC(=O)C2. The maximum absolute atomic E-state index is 13.4. The van der Waals surface area contributed by atoms with Crippen LogP contribution in [0.1, 0.15) is 99.8 Å². The molecule has 5 nitrogen and oxygen atoms in total. The highest BCUT2D eigenvalue weighted by Crippen LogP contribution is 2.74. The molecule has 198 valence electrons. The number of cyclic esters (lactones) is 1. The van der Waals surface area contributed by atoms with Crippen LogP contribution in [0.4, 0.5) is 0 Å². The number of aliphatic hydroxyl groups excluding tert-OH is 2. The summed E-state index contributed by atoms with van der Waals surface area (Å²) < 4.78 is 5.73. The molecule has 0 amide bonds. The molecule has 4 aliphatic rings. The summed E-state index contributed by atoms with van der Waals surface area (Å²) in [5.41, 5.74) is 0.538. The molecule has 0 aromatic carbocycles. The molecule has 4 rings (SSSR count). The van der Waals surface area contributed by atoms with Crippen LogP contribution in [0.3, 0.4) is 0 Å². The molecule has 1 heterocycles. The van der Waals surface area contributed by atoms with Gasteiger partial charge in [0.25, 0.3) is 0 Å². The van der Waals surface area contributed by atoms with Crippen LogP contribution in [0.2, 0.25) is 0 Å². The molecular formula is C30H48O5. The third-order valence-electron chi connectivity index (χ3n) is 11.6. The third-order valence-corrected chi connectivity index (χ3v) is 11.6. The largest absolute Gasteiger partial charge is 0.465 e. The minimum Gasteiger partial charge on any atom is -0.465 e. The second-order valence-electron chi connectivity index (χ2n) is 13.9. The van der Waals surface area contributed by atoms with E-state index >= 15 is 0 Å². The van der Waals surface area contributed by atoms with Gasteiger partial charge in [-0.25, -0.2) is 0 Å². The molecule has 4 fully saturated rings. The first kappa shape index (κ1) is 26.9. The molecule has 3 saturated carbocycles. The zero-order chi connectivity index (χ0) is 26.0. The highest BCUT2D eigenvalue weighted by molar-refractivity contribution is 5.82. The van der Waals surface area contributed by atoms with E-state index in [4.69, 9.17) is 4.74 Å². The molecule has 2 N–H and O–H groups in total. The first-order valence-corrected chi connectivity index (χ1v) is 13.9. The average molecular weight is 489 g/mol. The number of carbonyl (C=O) groups excluding carboxylic acids is 2. The number of Topliss-reactive ketones (excluding diaryl/α,β-unsaturated/α-hetero) is 1. The molecule has 0 aromatic heterocycles. The molecule has 5 heteroatoms. The minimum atomic E-state index is -0.760. The van der Waals surface area contributed by atoms with E-state index in [9.17, 15) is 19.8 Å². The van der Waals surface area contributed by atoms with E-state index in [1.165, 1.54) is 0 Å². The number of hydrogen-bond donors (Lipinski definition) is 2. The normalized spacial score (nSPS) is 44.1. The summed E-state index contributed by atoms with van der Waals surface area (Å²) in [5.74, 6) is 0.684. The van der Waals surface area contributed by atoms with E-state index in [1.54, 1.807) is 6.08 Å². The Balaban J connectivity index is 1.68. The van der Waals surface area contributed by atoms with Crippen molar-refractivity contribution in [1.29, 1.82) is 0 Å². The van der Waals surface area contributed by atoms with Crippen molar-refractivity contribution in [3.05, 3.63) is 11.6 Å². The van der Waals surface area contributed by atoms with Gasteiger partial charge in [0.15, 0.2) is 0 Å². The predicted octanol–water partition coefficient (Wildman–Crippen LogP) is 5.47. The Hall–Kier alpha value is -1.20. The predicted molar refractivity (Wildman–Crippen MR) is 136 cm³/mol. The van der Waals surface area contributed by atoms with Crippen molar-refractivity contribution in [2.24, 2.45) is 45.3 Å². The molecular weight excluding hydrogens is 440 g/mol. The van der Waals surface area contributed by atoms with Crippen LogP contribution >= 0.6 is 0 Å². The van der Waals surface area contributed by atoms with Gasteiger partial charge in [-0.1, -0.05) is 46.3 Å². The van der Waals surface area contributed by atoms with E-state index in [-0.39, 0.29) is 57.8 Å². The fraction of sp³-hybridized carbons (Fsp3) is 0.867. The molecule has 1 spiro atoms. The van der Waals surface area contributed by atoms with Crippen molar-refractivity contribution in [3.8, 4) is 0 Å². The smallest absolute Gasteiger partial charge is 0.306 e. The Labute approximate surface area is 212 Å². The van der Waals surface area contributed by atoms with Gasteiger partial charge in [0, 0.05) is 17.8 Å². The van der Waals surface area contributed by atoms with Crippen LogP contribution in [-0.2, 0) is 14.3 Å². The van der Waals surface area contributed by atoms with E-state index in [0.29, 0.717) is 24.9 Å². The van der Waals surface area contributed by atoms with Gasteiger partial charge in [0.1, 0.15) is 5.78 Å². The molecule has 9 atom stereocenters. The summed E-state index contributed by atoms with van der Waals surface area (Å²) in [5, 5.41) is 21.3. The quantitative estimate of drug-likeness (QED) is 0.396. The van der Waals surface area contributed by atoms with Crippen molar-refractivity contribution in [3.63, 3.8) is 0 Å². The molecule has 1 saturated heterocycles. The minimum absolute atomic E-state index is 0.0731. The van der Waals surface area contributed by atoms with E-state index in [2.05, 4.69) is 27.7 Å². The van der Waals surface area contributed by atoms with Crippen LogP contribution in [0, 0.1) is 45.3 Å². The number of fused-ring (bicyclic) bond motifs is 4. The molecule has 1 aliphatic heterocycles. The monoisotopic (exact) mass is 488 g/mol. The van der Waals surface area contributed by atoms with Crippen LogP contribution < -0.4 is 0 Å². The van der Waals surface area contributed by atoms with Gasteiger partial charge < -0.3 is 14.9 Å². The number of allylic oxidation sites excluding steroid dienone is 1. The molecule has 0 unspecified atom stereocenters. The molecule has 0 radical (unpaired) electrons. The summed E-state index contributed by atoms with van der Waals surface area (Å²) in [6.45, 7) is 15.6. The molecule has 3 aliphatic carbocycles. The van der Waals surface area contributed by atoms with Crippen LogP contribution in [0.5, 0.6) is 0 Å². The molecule has 35 heavy (non-hydrogen) atoms. The fourth-order valence-electron chi connectivity index (χ4n) is 9.79. The Morgan fingerprint density at radius 2 is 1.77 bits per heavy atom. The summed E-state index contributed by atoms with van der Waals surface area (Å²) in [6.07, 6.45) is 7.09. The average Bonchev–Trinajstić information content (AvgIpc) is 3.14. The summed E-state index contributed by atoms with van der Waals surface area (Å²) >= 11 is 0. The zero-order valence-corrected chi connectivity index (χ0v) is 23.0. The van der Waals surface area contributed by atoms with Crippen LogP contribution in [0.25, 0.3) is 0 Å². The topological polar surface area (TPSA) is 83.8 Å². The van der Waals surface area contributed by atoms with E-state index < -0.39 is 6.10 Å². The van der Waals surface area contributed by atoms with Crippen molar-refractivity contribution in [1.82, 2.24) is 0 Å². The lowest BCUT2D eigenvalue weighted by Crippen LogP contribution is -2.66. The van der Waals surface area contributed by atoms with Crippen molar-refractivity contribution in [2.45, 2.75) is 112 Å². The maximum Gasteiger partial charge on any atom is 0.306 e. The second kappa shape index (κ2) is 8.97.